The van der Waals surface area contributed by atoms with E-state index in [1.165, 1.54) is 0 Å². The number of hydrogen-bond donors (Lipinski definition) is 18. The van der Waals surface area contributed by atoms with Crippen molar-refractivity contribution in [3.63, 3.8) is 0 Å². The van der Waals surface area contributed by atoms with Gasteiger partial charge in [0.15, 0.2) is 0 Å². The van der Waals surface area contributed by atoms with Gasteiger partial charge in [0.05, 0.1) is 185 Å². The molecule has 7 saturated heterocycles. The van der Waals surface area contributed by atoms with E-state index in [4.69, 9.17) is 69.4 Å². The average Bonchev–Trinajstić information content (AvgIpc) is 1.75. The molecule has 0 radical (unpaired) electrons. The van der Waals surface area contributed by atoms with Crippen LogP contribution in [0.1, 0.15) is 84.7 Å². The van der Waals surface area contributed by atoms with Crippen LogP contribution in [-0.4, -0.2) is 377 Å². The van der Waals surface area contributed by atoms with E-state index in [0.29, 0.717) is 163 Å². The minimum atomic E-state index is -0.712. The van der Waals surface area contributed by atoms with Crippen LogP contribution in [0.15, 0.2) is 97.1 Å². The molecule has 0 aliphatic carbocycles. The maximum absolute atomic E-state index is 13.3. The summed E-state index contributed by atoms with van der Waals surface area (Å²) < 4.78 is 55.0. The van der Waals surface area contributed by atoms with Crippen LogP contribution >= 0.6 is 0 Å². The molecular formula is C96H149N21O19S3. The molecule has 40 nitrogen and oxygen atoms in total. The number of carbonyl (C=O) groups is 8. The van der Waals surface area contributed by atoms with E-state index in [1.807, 2.05) is 97.1 Å². The highest BCUT2D eigenvalue weighted by Crippen LogP contribution is 2.28. The first kappa shape index (κ1) is 116. The third-order valence-corrected chi connectivity index (χ3v) is 22.7. The topological polar surface area (TPSA) is 506 Å². The second-order valence-corrected chi connectivity index (χ2v) is 36.1. The van der Waals surface area contributed by atoms with Crippen molar-refractivity contribution in [3.8, 4) is 23.7 Å². The van der Waals surface area contributed by atoms with Gasteiger partial charge in [-0.3, -0.25) is 33.6 Å². The van der Waals surface area contributed by atoms with Crippen molar-refractivity contribution in [2.75, 3.05) is 312 Å². The number of hydroxylamine groups is 2. The first-order valence-corrected chi connectivity index (χ1v) is 50.9. The molecule has 0 saturated carbocycles. The summed E-state index contributed by atoms with van der Waals surface area (Å²) in [6.45, 7) is 26.8. The summed E-state index contributed by atoms with van der Waals surface area (Å²) in [5, 5.41) is 51.3. The van der Waals surface area contributed by atoms with Crippen LogP contribution in [0.3, 0.4) is 0 Å². The Morgan fingerprint density at radius 1 is 0.331 bits per heavy atom. The molecule has 0 unspecified atom stereocenters. The highest BCUT2D eigenvalue weighted by atomic mass is 33.1. The van der Waals surface area contributed by atoms with Gasteiger partial charge in [0, 0.05) is 269 Å². The number of carbonyl (C=O) groups excluding carboxylic acids is 8. The number of nitrogens with zero attached hydrogens (tertiary/aromatic N) is 3. The Bertz CT molecular complexity index is 4340. The fourth-order valence-electron chi connectivity index (χ4n) is 15.2. The summed E-state index contributed by atoms with van der Waals surface area (Å²) >= 11 is 8.25. The molecule has 7 fully saturated rings. The molecule has 4 aromatic carbocycles. The number of para-hydroxylation sites is 2. The first-order valence-electron chi connectivity index (χ1n) is 48.2. The van der Waals surface area contributed by atoms with E-state index in [1.54, 1.807) is 9.80 Å². The van der Waals surface area contributed by atoms with Crippen molar-refractivity contribution in [1.82, 2.24) is 84.8 Å². The van der Waals surface area contributed by atoms with E-state index in [-0.39, 0.29) is 137 Å². The molecule has 4 aromatic rings. The van der Waals surface area contributed by atoms with Crippen LogP contribution in [0.5, 0.6) is 0 Å². The van der Waals surface area contributed by atoms with Crippen molar-refractivity contribution >= 4 is 90.0 Å². The highest BCUT2D eigenvalue weighted by molar-refractivity contribution is 8.37. The van der Waals surface area contributed by atoms with Gasteiger partial charge in [0.25, 0.3) is 11.8 Å². The fourth-order valence-corrected chi connectivity index (χ4v) is 15.2. The summed E-state index contributed by atoms with van der Waals surface area (Å²) in [6, 6.07) is 30.8. The standard InChI is InChI=1S/C46H72N10O8.C36H43N3O11.C14H34N8.S3/c47-45-32-48-15-18-51-35-46(36-52-19-16-49-33-45,37-53-20-17-50-34-45)55-43(58)13-22-61-24-26-63-28-30-64-29-27-62-25-23-60-21-12-42(57)54-14-11-44(59)56-31-40-7-2-1-5-38(40)9-10-39-6-3-4-8-41(39)56;40-32(37-16-13-33(41)38-27-30-7-2-1-5-28(30)9-10-29-6-3-4-8-31(29)38)14-17-45-19-21-47-23-25-49-26-24-48-22-20-46-18-15-36(44)50-39-34(42)11-12-35(39)43;15-13-7-17-1-2-18-8-14(16,11-21-5-3-19-9-13)12-22-6-4-20-10-13;1-3-2/h1-8,48-53H,11-37,47H2,(H,54,57)(H,55,58);1-8H,11-27H2,(H,37,40);17-22H,1-12,15-16H2;. The minimum Gasteiger partial charge on any atom is -0.379 e. The van der Waals surface area contributed by atoms with Crippen LogP contribution in [-0.2, 0) is 135 Å². The van der Waals surface area contributed by atoms with E-state index in [0.717, 1.165) is 171 Å². The Labute approximate surface area is 830 Å². The highest BCUT2D eigenvalue weighted by Gasteiger charge is 2.36. The summed E-state index contributed by atoms with van der Waals surface area (Å²) in [6.07, 6.45) is 0.941. The number of rotatable bonds is 44. The number of fused-ring (bicyclic) bond motifs is 34. The second kappa shape index (κ2) is 69.5. The molecular weight excluding hydrogens is 1850 g/mol. The van der Waals surface area contributed by atoms with Crippen LogP contribution in [0.25, 0.3) is 0 Å². The molecule has 13 rings (SSSR count). The summed E-state index contributed by atoms with van der Waals surface area (Å²) in [5.74, 6) is 10.4. The quantitative estimate of drug-likeness (QED) is 0.0115. The SMILES string of the molecule is NC12CNCCNCC(N)(CNCCNC1)CNCCNC2.NC12CNCCNCC(NC(=O)CCOCCOCCOCCOCCOCCC(=O)NCCC(=O)N3Cc4ccccc4C#Cc4ccccc43)(CNCCNC1)CNCCNC2.O=C(CCOCCOCCOCCOCCOCCC(=O)ON1C(=O)CCC1=O)NCCC(=O)N1Cc2ccccc2C#Cc2ccccc21.S=S=S. The zero-order valence-corrected chi connectivity index (χ0v) is 82.8. The molecule has 4 bridgehead atoms. The summed E-state index contributed by atoms with van der Waals surface area (Å²) in [7, 11) is 0.917. The molecule has 9 aliphatic rings. The Morgan fingerprint density at radius 3 is 0.878 bits per heavy atom. The van der Waals surface area contributed by atoms with Crippen molar-refractivity contribution in [2.24, 2.45) is 17.2 Å². The monoisotopic (exact) mass is 2000 g/mol. The zero-order valence-electron chi connectivity index (χ0n) is 80.4. The lowest BCUT2D eigenvalue weighted by molar-refractivity contribution is -0.198. The lowest BCUT2D eigenvalue weighted by Crippen LogP contribution is -2.67. The zero-order chi connectivity index (χ0) is 98.8. The molecule has 7 amide bonds. The Hall–Kier alpha value is -8.38. The number of nitrogens with two attached hydrogens (primary N) is 3. The predicted molar refractivity (Wildman–Crippen MR) is 537 cm³/mol. The number of nitrogens with one attached hydrogen (secondary N) is 15. The van der Waals surface area contributed by atoms with E-state index >= 15 is 0 Å². The van der Waals surface area contributed by atoms with Crippen LogP contribution in [0.2, 0.25) is 0 Å². The van der Waals surface area contributed by atoms with Gasteiger partial charge >= 0.3 is 5.97 Å². The predicted octanol–water partition coefficient (Wildman–Crippen LogP) is -3.73. The summed E-state index contributed by atoms with van der Waals surface area (Å²) in [4.78, 5) is 107. The fraction of sp³-hybridized carbons (Fsp3) is 0.625. The van der Waals surface area contributed by atoms with Crippen molar-refractivity contribution in [1.29, 1.82) is 0 Å². The number of ether oxygens (including phenoxy) is 10. The lowest BCUT2D eigenvalue weighted by atomic mass is 9.97. The van der Waals surface area contributed by atoms with Gasteiger partial charge in [-0.25, -0.2) is 4.79 Å². The Kier molecular flexibility index (Phi) is 58.0. The van der Waals surface area contributed by atoms with Crippen LogP contribution in [0, 0.1) is 23.7 Å². The molecule has 139 heavy (non-hydrogen) atoms. The smallest absolute Gasteiger partial charge is 0.335 e. The van der Waals surface area contributed by atoms with Gasteiger partial charge in [0.2, 0.25) is 29.5 Å². The number of anilines is 2. The first-order chi connectivity index (χ1) is 67.8. The lowest BCUT2D eigenvalue weighted by Gasteiger charge is -2.37. The maximum Gasteiger partial charge on any atom is 0.335 e. The van der Waals surface area contributed by atoms with E-state index in [9.17, 15) is 38.4 Å². The van der Waals surface area contributed by atoms with Crippen molar-refractivity contribution in [3.05, 3.63) is 130 Å². The average molecular weight is 2000 g/mol. The van der Waals surface area contributed by atoms with Gasteiger partial charge in [0.1, 0.15) is 0 Å². The van der Waals surface area contributed by atoms with E-state index in [2.05, 4.69) is 126 Å². The number of benzene rings is 4. The van der Waals surface area contributed by atoms with Crippen LogP contribution in [0.4, 0.5) is 11.4 Å². The number of hydrogen-bond acceptors (Lipinski definition) is 36. The third-order valence-electron chi connectivity index (χ3n) is 22.7. The number of imide groups is 1. The third kappa shape index (κ3) is 48.0. The molecule has 9 heterocycles. The Balaban J connectivity index is 0.000000278. The molecule has 0 spiro atoms. The van der Waals surface area contributed by atoms with Gasteiger partial charge in [-0.1, -0.05) is 84.3 Å². The van der Waals surface area contributed by atoms with Gasteiger partial charge in [-0.2, -0.15) is 0 Å². The normalized spacial score (nSPS) is 20.5. The van der Waals surface area contributed by atoms with Crippen LogP contribution < -0.4 is 107 Å². The molecule has 21 N–H and O–H groups in total. The summed E-state index contributed by atoms with van der Waals surface area (Å²) in [5.41, 5.74) is 25.2. The second-order valence-electron chi connectivity index (χ2n) is 34.3. The molecule has 43 heteroatoms. The van der Waals surface area contributed by atoms with Gasteiger partial charge in [-0.05, 0) is 47.5 Å². The Morgan fingerprint density at radius 2 is 0.576 bits per heavy atom. The van der Waals surface area contributed by atoms with Crippen molar-refractivity contribution < 1.29 is 90.6 Å². The molecule has 0 aromatic heterocycles. The van der Waals surface area contributed by atoms with Gasteiger partial charge < -0.3 is 159 Å². The minimum absolute atomic E-state index is 0.0488. The number of amides is 7. The van der Waals surface area contributed by atoms with Gasteiger partial charge in [-0.15, -0.1) is 5.06 Å². The molecule has 9 aliphatic heterocycles. The molecule has 770 valence electrons. The molecule has 0 atom stereocenters. The largest absolute Gasteiger partial charge is 0.379 e. The van der Waals surface area contributed by atoms with Crippen molar-refractivity contribution in [2.45, 2.75) is 86.6 Å². The van der Waals surface area contributed by atoms with E-state index < -0.39 is 23.3 Å². The maximum atomic E-state index is 13.3.